The molecule has 2 aromatic carbocycles. The second-order valence-corrected chi connectivity index (χ2v) is 11.3. The third-order valence-corrected chi connectivity index (χ3v) is 6.43. The lowest BCUT2D eigenvalue weighted by atomic mass is 10.1. The molecule has 1 fully saturated rings. The number of alkyl carbamates (subject to hydrolysis) is 1. The summed E-state index contributed by atoms with van der Waals surface area (Å²) in [5, 5.41) is 10.4. The minimum absolute atomic E-state index is 0.0122. The molecule has 0 radical (unpaired) electrons. The van der Waals surface area contributed by atoms with Gasteiger partial charge in [-0.05, 0) is 84.7 Å². The average molecular weight is 596 g/mol. The Labute approximate surface area is 248 Å². The number of aromatic nitrogens is 3. The summed E-state index contributed by atoms with van der Waals surface area (Å²) in [6.45, 7) is 11.2. The first-order chi connectivity index (χ1) is 20.3. The number of carbonyl (C=O) groups is 2. The third-order valence-electron chi connectivity index (χ3n) is 6.43. The molecule has 1 saturated heterocycles. The number of carbonyl (C=O) groups excluding carboxylic acids is 2. The van der Waals surface area contributed by atoms with Gasteiger partial charge in [-0.3, -0.25) is 4.79 Å². The Morgan fingerprint density at radius 3 is 2.44 bits per heavy atom. The molecule has 1 aliphatic heterocycles. The van der Waals surface area contributed by atoms with Crippen molar-refractivity contribution in [3.63, 3.8) is 0 Å². The largest absolute Gasteiger partial charge is 0.446 e. The van der Waals surface area contributed by atoms with E-state index >= 15 is 0 Å². The molecule has 12 heteroatoms. The molecule has 5 rings (SSSR count). The van der Waals surface area contributed by atoms with Crippen LogP contribution in [0.4, 0.5) is 13.6 Å². The summed E-state index contributed by atoms with van der Waals surface area (Å²) >= 11 is 0. The zero-order valence-electron chi connectivity index (χ0n) is 25.0. The van der Waals surface area contributed by atoms with Crippen molar-refractivity contribution in [1.29, 1.82) is 0 Å². The highest BCUT2D eigenvalue weighted by molar-refractivity contribution is 5.95. The molecule has 2 atom stereocenters. The van der Waals surface area contributed by atoms with Gasteiger partial charge < -0.3 is 23.8 Å². The maximum atomic E-state index is 14.7. The smallest absolute Gasteiger partial charge is 0.408 e. The van der Waals surface area contributed by atoms with E-state index in [4.69, 9.17) is 13.6 Å². The number of nitrogens with zero attached hydrogens (tertiary/aromatic N) is 4. The van der Waals surface area contributed by atoms with Crippen LogP contribution in [0.5, 0.6) is 0 Å². The van der Waals surface area contributed by atoms with Gasteiger partial charge in [0.2, 0.25) is 11.8 Å². The number of nitrogens with one attached hydrogen (secondary N) is 1. The van der Waals surface area contributed by atoms with Gasteiger partial charge in [0.25, 0.3) is 11.8 Å². The highest BCUT2D eigenvalue weighted by Gasteiger charge is 2.34. The predicted octanol–water partition coefficient (Wildman–Crippen LogP) is 6.87. The maximum absolute atomic E-state index is 14.7. The van der Waals surface area contributed by atoms with Crippen molar-refractivity contribution in [2.75, 3.05) is 6.54 Å². The lowest BCUT2D eigenvalue weighted by Gasteiger charge is -2.22. The normalized spacial score (nSPS) is 15.4. The molecule has 0 bridgehead atoms. The van der Waals surface area contributed by atoms with Crippen LogP contribution < -0.4 is 5.32 Å². The Morgan fingerprint density at radius 1 is 1.09 bits per heavy atom. The number of ether oxygens (including phenoxy) is 1. The first-order valence-electron chi connectivity index (χ1n) is 13.9. The Hall–Kier alpha value is -4.61. The van der Waals surface area contributed by atoms with E-state index in [-0.39, 0.29) is 40.7 Å². The zero-order valence-corrected chi connectivity index (χ0v) is 25.0. The fraction of sp³-hybridized carbons (Fsp3) is 0.387. The molecule has 10 nitrogen and oxygen atoms in total. The molecule has 2 amide bonds. The molecule has 1 N–H and O–H groups in total. The number of aryl methyl sites for hydroxylation is 2. The Morgan fingerprint density at radius 2 is 1.81 bits per heavy atom. The monoisotopic (exact) mass is 595 g/mol. The fourth-order valence-electron chi connectivity index (χ4n) is 4.38. The highest BCUT2D eigenvalue weighted by atomic mass is 19.1. The second kappa shape index (κ2) is 13.1. The Balaban J connectivity index is 0.000000458. The molecule has 3 heterocycles. The quantitative estimate of drug-likeness (QED) is 0.265. The van der Waals surface area contributed by atoms with Gasteiger partial charge in [0.05, 0.1) is 11.3 Å². The lowest BCUT2D eigenvalue weighted by molar-refractivity contribution is 0.0500. The van der Waals surface area contributed by atoms with E-state index in [2.05, 4.69) is 20.5 Å². The third kappa shape index (κ3) is 8.24. The standard InChI is InChI=1S/C24H28FN5O5.C7H7F/c1-13-12-33-21(26-13)18-7-6-10-30(18)22(31)15-8-9-17(25)16(11-15)20-29-28-19(34-20)14(2)27-23(32)35-24(3,4)5;1-6-2-4-7(8)5-3-6/h8-9,11-12,14,18H,6-7,10H2,1-5H3,(H,27,32);2-5H,1H3. The summed E-state index contributed by atoms with van der Waals surface area (Å²) in [5.41, 5.74) is 1.43. The van der Waals surface area contributed by atoms with Crippen molar-refractivity contribution in [2.45, 2.75) is 72.1 Å². The number of amides is 2. The van der Waals surface area contributed by atoms with Gasteiger partial charge in [-0.15, -0.1) is 10.2 Å². The van der Waals surface area contributed by atoms with Gasteiger partial charge in [-0.2, -0.15) is 0 Å². The lowest BCUT2D eigenvalue weighted by Crippen LogP contribution is -2.34. The second-order valence-electron chi connectivity index (χ2n) is 11.3. The van der Waals surface area contributed by atoms with Gasteiger partial charge in [-0.25, -0.2) is 18.6 Å². The molecule has 0 saturated carbocycles. The molecular formula is C31H35F2N5O5. The number of benzene rings is 2. The van der Waals surface area contributed by atoms with Crippen LogP contribution in [-0.4, -0.2) is 44.2 Å². The van der Waals surface area contributed by atoms with E-state index in [1.807, 2.05) is 13.8 Å². The predicted molar refractivity (Wildman–Crippen MR) is 153 cm³/mol. The summed E-state index contributed by atoms with van der Waals surface area (Å²) in [6, 6.07) is 9.44. The van der Waals surface area contributed by atoms with Crippen LogP contribution in [0.15, 0.2) is 57.6 Å². The van der Waals surface area contributed by atoms with Crippen LogP contribution in [0.3, 0.4) is 0 Å². The van der Waals surface area contributed by atoms with E-state index in [1.165, 1.54) is 30.3 Å². The number of rotatable bonds is 5. The van der Waals surface area contributed by atoms with Crippen LogP contribution in [0, 0.1) is 25.5 Å². The van der Waals surface area contributed by atoms with Gasteiger partial charge in [0, 0.05) is 12.1 Å². The van der Waals surface area contributed by atoms with E-state index in [1.54, 1.807) is 51.0 Å². The van der Waals surface area contributed by atoms with E-state index in [0.717, 1.165) is 24.1 Å². The Bertz CT molecular complexity index is 1540. The summed E-state index contributed by atoms with van der Waals surface area (Å²) in [5.74, 6) is -0.610. The summed E-state index contributed by atoms with van der Waals surface area (Å²) in [6.07, 6.45) is 2.44. The topological polar surface area (TPSA) is 124 Å². The minimum atomic E-state index is -0.673. The molecule has 2 unspecified atom stereocenters. The fourth-order valence-corrected chi connectivity index (χ4v) is 4.38. The number of halogens is 2. The molecule has 43 heavy (non-hydrogen) atoms. The van der Waals surface area contributed by atoms with Crippen LogP contribution in [0.1, 0.15) is 86.0 Å². The van der Waals surface area contributed by atoms with Crippen LogP contribution in [0.2, 0.25) is 0 Å². The SMILES string of the molecule is Cc1ccc(F)cc1.Cc1coc(C2CCCN2C(=O)c2ccc(F)c(-c3nnc(C(C)NC(=O)OC(C)(C)C)o3)c2)n1. The first-order valence-corrected chi connectivity index (χ1v) is 13.9. The molecular weight excluding hydrogens is 560 g/mol. The maximum Gasteiger partial charge on any atom is 0.408 e. The number of hydrogen-bond acceptors (Lipinski definition) is 8. The van der Waals surface area contributed by atoms with Crippen molar-refractivity contribution in [2.24, 2.45) is 0 Å². The minimum Gasteiger partial charge on any atom is -0.446 e. The number of oxazole rings is 1. The molecule has 2 aromatic heterocycles. The van der Waals surface area contributed by atoms with Crippen molar-refractivity contribution < 1.29 is 31.9 Å². The van der Waals surface area contributed by atoms with Crippen molar-refractivity contribution in [3.05, 3.63) is 89.0 Å². The molecule has 4 aromatic rings. The van der Waals surface area contributed by atoms with Gasteiger partial charge >= 0.3 is 6.09 Å². The molecule has 1 aliphatic rings. The van der Waals surface area contributed by atoms with Crippen molar-refractivity contribution in [1.82, 2.24) is 25.4 Å². The summed E-state index contributed by atoms with van der Waals surface area (Å²) in [4.78, 5) is 31.3. The van der Waals surface area contributed by atoms with Crippen molar-refractivity contribution >= 4 is 12.0 Å². The van der Waals surface area contributed by atoms with Crippen LogP contribution >= 0.6 is 0 Å². The van der Waals surface area contributed by atoms with Crippen LogP contribution in [0.25, 0.3) is 11.5 Å². The van der Waals surface area contributed by atoms with Gasteiger partial charge in [0.15, 0.2) is 0 Å². The van der Waals surface area contributed by atoms with E-state index in [0.29, 0.717) is 12.4 Å². The zero-order chi connectivity index (χ0) is 31.3. The summed E-state index contributed by atoms with van der Waals surface area (Å²) < 4.78 is 43.1. The van der Waals surface area contributed by atoms with E-state index in [9.17, 15) is 18.4 Å². The number of likely N-dealkylation sites (tertiary alicyclic amines) is 1. The number of hydrogen-bond donors (Lipinski definition) is 1. The average Bonchev–Trinajstić information content (AvgIpc) is 3.70. The molecule has 0 spiro atoms. The van der Waals surface area contributed by atoms with E-state index < -0.39 is 23.6 Å². The Kier molecular flexibility index (Phi) is 9.57. The van der Waals surface area contributed by atoms with Crippen molar-refractivity contribution in [3.8, 4) is 11.5 Å². The van der Waals surface area contributed by atoms with Gasteiger partial charge in [0.1, 0.15) is 35.6 Å². The first kappa shape index (κ1) is 31.3. The highest BCUT2D eigenvalue weighted by Crippen LogP contribution is 2.33. The molecule has 228 valence electrons. The van der Waals surface area contributed by atoms with Crippen LogP contribution in [-0.2, 0) is 4.74 Å². The van der Waals surface area contributed by atoms with Gasteiger partial charge in [-0.1, -0.05) is 17.7 Å². The summed E-state index contributed by atoms with van der Waals surface area (Å²) in [7, 11) is 0. The molecule has 0 aliphatic carbocycles.